The maximum atomic E-state index is 10.5. The van der Waals surface area contributed by atoms with Gasteiger partial charge in [0.15, 0.2) is 0 Å². The molecule has 1 N–H and O–H groups in total. The Labute approximate surface area is 95.3 Å². The second kappa shape index (κ2) is 8.46. The van der Waals surface area contributed by atoms with E-state index in [0.717, 1.165) is 0 Å². The molecule has 0 aliphatic heterocycles. The zero-order chi connectivity index (χ0) is 7.44. The zero-order valence-corrected chi connectivity index (χ0v) is 8.87. The summed E-state index contributed by atoms with van der Waals surface area (Å²) in [5, 5.41) is 9.97. The first kappa shape index (κ1) is 17.4. The smallest absolute Gasteiger partial charge is 0.870 e. The van der Waals surface area contributed by atoms with Gasteiger partial charge in [0.25, 0.3) is 0 Å². The molecule has 4 nitrogen and oxygen atoms in total. The number of hydrogen-bond acceptors (Lipinski definition) is 4. The molecule has 0 spiro atoms. The van der Waals surface area contributed by atoms with Gasteiger partial charge >= 0.3 is 37.7 Å². The second-order valence-corrected chi connectivity index (χ2v) is 1.86. The number of aliphatic carboxylic acids is 1. The van der Waals surface area contributed by atoms with Gasteiger partial charge < -0.3 is 15.4 Å². The molecule has 0 saturated carbocycles. The minimum atomic E-state index is -1.29. The van der Waals surface area contributed by atoms with Crippen LogP contribution in [0.4, 0.5) is 0 Å². The van der Waals surface area contributed by atoms with E-state index in [-0.39, 0.29) is 55.4 Å². The van der Waals surface area contributed by atoms with Crippen molar-refractivity contribution in [3.8, 4) is 0 Å². The number of carboxylic acids is 1. The second-order valence-electron chi connectivity index (χ2n) is 1.86. The fourth-order valence-corrected chi connectivity index (χ4v) is 0.438. The van der Waals surface area contributed by atoms with Crippen LogP contribution >= 0.6 is 0 Å². The van der Waals surface area contributed by atoms with Crippen molar-refractivity contribution in [1.29, 1.82) is 0 Å². The summed E-state index contributed by atoms with van der Waals surface area (Å²) >= 11 is 0. The van der Waals surface area contributed by atoms with Gasteiger partial charge in [0, 0.05) is 6.42 Å². The Morgan fingerprint density at radius 1 is 1.45 bits per heavy atom. The molecule has 0 fully saturated rings. The Kier molecular flexibility index (Phi) is 13.4. The summed E-state index contributed by atoms with van der Waals surface area (Å²) in [6.07, 6.45) is 0.259. The van der Waals surface area contributed by atoms with Gasteiger partial charge in [-0.15, -0.1) is 0 Å². The van der Waals surface area contributed by atoms with E-state index in [1.54, 1.807) is 6.92 Å². The average Bonchev–Trinajstić information content (AvgIpc) is 1.84. The Bertz CT molecular complexity index is 135. The first-order valence-corrected chi connectivity index (χ1v) is 2.83. The maximum Gasteiger partial charge on any atom is 2.00 e. The van der Waals surface area contributed by atoms with Gasteiger partial charge in [-0.2, -0.15) is 0 Å². The molecule has 1 unspecified atom stereocenters. The van der Waals surface area contributed by atoms with Crippen molar-refractivity contribution < 1.29 is 20.2 Å². The standard InChI is InChI=1S/C6H10O3.Ca.H2O/c1-3-5(7)4(2)6(8)9;;/h4H,3H2,1-2H3,(H,8,9);;1H2/q;+2;/p-2. The minimum absolute atomic E-state index is 0. The molecule has 0 amide bonds. The maximum absolute atomic E-state index is 10.5. The molecule has 0 aromatic heterocycles. The van der Waals surface area contributed by atoms with Gasteiger partial charge in [-0.25, -0.2) is 0 Å². The Hall–Kier alpha value is 0.360. The average molecular weight is 186 g/mol. The molecule has 0 saturated heterocycles. The van der Waals surface area contributed by atoms with E-state index in [9.17, 15) is 14.7 Å². The van der Waals surface area contributed by atoms with Crippen LogP contribution in [0.5, 0.6) is 0 Å². The van der Waals surface area contributed by atoms with E-state index < -0.39 is 11.9 Å². The summed E-state index contributed by atoms with van der Waals surface area (Å²) in [6, 6.07) is 0. The molecule has 11 heavy (non-hydrogen) atoms. The van der Waals surface area contributed by atoms with Crippen LogP contribution in [0.2, 0.25) is 0 Å². The SMILES string of the molecule is CCC(=O)C(C)C(=O)[O-].[Ca+2].[OH-]. The summed E-state index contributed by atoms with van der Waals surface area (Å²) < 4.78 is 0. The molecule has 0 aromatic carbocycles. The van der Waals surface area contributed by atoms with Crippen LogP contribution in [0.15, 0.2) is 0 Å². The van der Waals surface area contributed by atoms with E-state index in [1.807, 2.05) is 0 Å². The van der Waals surface area contributed by atoms with E-state index in [4.69, 9.17) is 0 Å². The largest absolute Gasteiger partial charge is 2.00 e. The van der Waals surface area contributed by atoms with E-state index in [2.05, 4.69) is 0 Å². The molecule has 0 radical (unpaired) electrons. The summed E-state index contributed by atoms with van der Waals surface area (Å²) in [6.45, 7) is 2.96. The van der Waals surface area contributed by atoms with Crippen molar-refractivity contribution in [3.63, 3.8) is 0 Å². The molecular weight excluding hydrogens is 176 g/mol. The van der Waals surface area contributed by atoms with Crippen molar-refractivity contribution in [3.05, 3.63) is 0 Å². The number of carboxylic acid groups (broad SMARTS) is 1. The Morgan fingerprint density at radius 2 is 1.82 bits per heavy atom. The third kappa shape index (κ3) is 6.75. The van der Waals surface area contributed by atoms with Crippen LogP contribution in [0.1, 0.15) is 20.3 Å². The molecule has 5 heteroatoms. The van der Waals surface area contributed by atoms with Crippen LogP contribution in [0.25, 0.3) is 0 Å². The van der Waals surface area contributed by atoms with Crippen molar-refractivity contribution in [2.45, 2.75) is 20.3 Å². The summed E-state index contributed by atoms with van der Waals surface area (Å²) in [5.41, 5.74) is 0. The summed E-state index contributed by atoms with van der Waals surface area (Å²) in [7, 11) is 0. The number of carbonyl (C=O) groups excluding carboxylic acids is 2. The van der Waals surface area contributed by atoms with Gasteiger partial charge in [-0.3, -0.25) is 4.79 Å². The Balaban J connectivity index is -0.000000320. The van der Waals surface area contributed by atoms with Gasteiger partial charge in [0.1, 0.15) is 5.78 Å². The fourth-order valence-electron chi connectivity index (χ4n) is 0.438. The van der Waals surface area contributed by atoms with Gasteiger partial charge in [-0.1, -0.05) is 13.8 Å². The first-order chi connectivity index (χ1) is 4.09. The van der Waals surface area contributed by atoms with E-state index in [0.29, 0.717) is 0 Å². The molecule has 0 aliphatic carbocycles. The van der Waals surface area contributed by atoms with E-state index >= 15 is 0 Å². The van der Waals surface area contributed by atoms with Crippen molar-refractivity contribution in [2.75, 3.05) is 0 Å². The normalized spacial score (nSPS) is 10.4. The zero-order valence-electron chi connectivity index (χ0n) is 6.66. The molecule has 0 aromatic rings. The number of ketones is 1. The summed E-state index contributed by atoms with van der Waals surface area (Å²) in [5.74, 6) is -2.52. The quantitative estimate of drug-likeness (QED) is 0.409. The number of hydrogen-bond donors (Lipinski definition) is 0. The van der Waals surface area contributed by atoms with Crippen molar-refractivity contribution >= 4 is 49.5 Å². The van der Waals surface area contributed by atoms with Crippen LogP contribution in [-0.4, -0.2) is 55.0 Å². The van der Waals surface area contributed by atoms with Crippen LogP contribution in [-0.2, 0) is 9.59 Å². The van der Waals surface area contributed by atoms with Crippen LogP contribution in [0.3, 0.4) is 0 Å². The number of rotatable bonds is 3. The molecule has 0 aliphatic rings. The topological polar surface area (TPSA) is 87.2 Å². The first-order valence-electron chi connectivity index (χ1n) is 2.83. The van der Waals surface area contributed by atoms with E-state index in [1.165, 1.54) is 6.92 Å². The van der Waals surface area contributed by atoms with Crippen LogP contribution < -0.4 is 5.11 Å². The molecule has 0 bridgehead atoms. The number of Topliss-reactive ketones (excluding diaryl/α,β-unsaturated/α-hetero) is 1. The van der Waals surface area contributed by atoms with Crippen molar-refractivity contribution in [1.82, 2.24) is 0 Å². The van der Waals surface area contributed by atoms with Gasteiger partial charge in [-0.05, 0) is 0 Å². The molecule has 0 rings (SSSR count). The minimum Gasteiger partial charge on any atom is -0.870 e. The predicted molar refractivity (Wildman–Crippen MR) is 37.2 cm³/mol. The molecule has 0 heterocycles. The van der Waals surface area contributed by atoms with Gasteiger partial charge in [0.2, 0.25) is 0 Å². The molecular formula is C6H10CaO4. The third-order valence-electron chi connectivity index (χ3n) is 1.18. The van der Waals surface area contributed by atoms with Crippen molar-refractivity contribution in [2.24, 2.45) is 5.92 Å². The monoisotopic (exact) mass is 186 g/mol. The predicted octanol–water partition coefficient (Wildman–Crippen LogP) is -1.21. The third-order valence-corrected chi connectivity index (χ3v) is 1.18. The summed E-state index contributed by atoms with van der Waals surface area (Å²) in [4.78, 5) is 20.5. The van der Waals surface area contributed by atoms with Crippen LogP contribution in [0, 0.1) is 5.92 Å². The Morgan fingerprint density at radius 3 is 1.91 bits per heavy atom. The molecule has 1 atom stereocenters. The fraction of sp³-hybridized carbons (Fsp3) is 0.667. The molecule has 60 valence electrons. The van der Waals surface area contributed by atoms with Gasteiger partial charge in [0.05, 0.1) is 11.9 Å². The number of carbonyl (C=O) groups is 2.